The number of hydrogen-bond donors (Lipinski definition) is 2. The molecule has 25 heavy (non-hydrogen) atoms. The summed E-state index contributed by atoms with van der Waals surface area (Å²) in [7, 11) is 1.91. The van der Waals surface area contributed by atoms with Gasteiger partial charge in [0.15, 0.2) is 5.13 Å². The Morgan fingerprint density at radius 2 is 2.04 bits per heavy atom. The Hall–Kier alpha value is -2.48. The average molecular weight is 355 g/mol. The maximum atomic E-state index is 4.72. The molecule has 2 N–H and O–H groups in total. The van der Waals surface area contributed by atoms with Gasteiger partial charge in [0.05, 0.1) is 6.20 Å². The fourth-order valence-electron chi connectivity index (χ4n) is 3.14. The molecule has 8 heteroatoms. The van der Waals surface area contributed by atoms with Crippen LogP contribution < -0.4 is 10.6 Å². The van der Waals surface area contributed by atoms with E-state index in [1.165, 1.54) is 43.4 Å². The van der Waals surface area contributed by atoms with Gasteiger partial charge in [-0.2, -0.15) is 10.1 Å². The standard InChI is InChI=1S/C17H21N7S/c1-24-11-12(9-20-24)14-10-19-16(23-17-18-7-8-25-17)22-15(14)21-13-5-3-2-4-6-13/h7-11,13H,2-6H2,1H3,(H2,18,19,21,22,23). The van der Waals surface area contributed by atoms with Crippen LogP contribution in [0.15, 0.2) is 30.2 Å². The molecule has 3 aromatic rings. The molecule has 1 aliphatic rings. The Balaban J connectivity index is 1.64. The summed E-state index contributed by atoms with van der Waals surface area (Å²) in [4.78, 5) is 13.4. The Morgan fingerprint density at radius 3 is 2.76 bits per heavy atom. The van der Waals surface area contributed by atoms with Gasteiger partial charge < -0.3 is 5.32 Å². The highest BCUT2D eigenvalue weighted by molar-refractivity contribution is 7.13. The first kappa shape index (κ1) is 16.0. The number of aromatic nitrogens is 5. The van der Waals surface area contributed by atoms with Gasteiger partial charge in [-0.25, -0.2) is 9.97 Å². The number of hydrogen-bond acceptors (Lipinski definition) is 7. The molecule has 1 fully saturated rings. The monoisotopic (exact) mass is 355 g/mol. The van der Waals surface area contributed by atoms with Crippen molar-refractivity contribution < 1.29 is 0 Å². The van der Waals surface area contributed by atoms with E-state index in [2.05, 4.69) is 25.7 Å². The minimum atomic E-state index is 0.465. The summed E-state index contributed by atoms with van der Waals surface area (Å²) >= 11 is 1.53. The van der Waals surface area contributed by atoms with Crippen LogP contribution in [-0.2, 0) is 7.05 Å². The number of nitrogens with zero attached hydrogens (tertiary/aromatic N) is 5. The zero-order valence-corrected chi connectivity index (χ0v) is 15.0. The lowest BCUT2D eigenvalue weighted by molar-refractivity contribution is 0.462. The van der Waals surface area contributed by atoms with Crippen molar-refractivity contribution in [1.82, 2.24) is 24.7 Å². The largest absolute Gasteiger partial charge is 0.367 e. The highest BCUT2D eigenvalue weighted by Crippen LogP contribution is 2.30. The molecule has 1 aliphatic carbocycles. The molecular weight excluding hydrogens is 334 g/mol. The molecule has 0 atom stereocenters. The molecule has 7 nitrogen and oxygen atoms in total. The van der Waals surface area contributed by atoms with E-state index in [1.54, 1.807) is 10.9 Å². The van der Waals surface area contributed by atoms with Gasteiger partial charge in [0.1, 0.15) is 5.82 Å². The van der Waals surface area contributed by atoms with E-state index in [0.29, 0.717) is 12.0 Å². The number of aryl methyl sites for hydroxylation is 1. The molecule has 0 bridgehead atoms. The van der Waals surface area contributed by atoms with Gasteiger partial charge in [-0.3, -0.25) is 10.00 Å². The molecule has 0 aromatic carbocycles. The van der Waals surface area contributed by atoms with Gasteiger partial charge in [-0.1, -0.05) is 19.3 Å². The summed E-state index contributed by atoms with van der Waals surface area (Å²) in [6, 6.07) is 0.465. The van der Waals surface area contributed by atoms with Crippen molar-refractivity contribution in [3.05, 3.63) is 30.2 Å². The first-order chi connectivity index (χ1) is 12.3. The molecule has 0 spiro atoms. The lowest BCUT2D eigenvalue weighted by Gasteiger charge is -2.24. The maximum absolute atomic E-state index is 4.72. The van der Waals surface area contributed by atoms with E-state index < -0.39 is 0 Å². The normalized spacial score (nSPS) is 15.2. The van der Waals surface area contributed by atoms with Gasteiger partial charge >= 0.3 is 0 Å². The van der Waals surface area contributed by atoms with Crippen LogP contribution in [0.4, 0.5) is 16.9 Å². The number of nitrogens with one attached hydrogen (secondary N) is 2. The minimum absolute atomic E-state index is 0.465. The quantitative estimate of drug-likeness (QED) is 0.724. The minimum Gasteiger partial charge on any atom is -0.367 e. The average Bonchev–Trinajstić information content (AvgIpc) is 3.28. The van der Waals surface area contributed by atoms with Crippen molar-refractivity contribution in [2.45, 2.75) is 38.1 Å². The second kappa shape index (κ2) is 7.18. The number of rotatable bonds is 5. The maximum Gasteiger partial charge on any atom is 0.230 e. The molecule has 130 valence electrons. The SMILES string of the molecule is Cn1cc(-c2cnc(Nc3nccs3)nc2NC2CCCCC2)cn1. The first-order valence-corrected chi connectivity index (χ1v) is 9.45. The summed E-state index contributed by atoms with van der Waals surface area (Å²) < 4.78 is 1.79. The Kier molecular flexibility index (Phi) is 4.60. The van der Waals surface area contributed by atoms with Crippen molar-refractivity contribution in [3.63, 3.8) is 0 Å². The molecule has 4 rings (SSSR count). The lowest BCUT2D eigenvalue weighted by Crippen LogP contribution is -2.23. The van der Waals surface area contributed by atoms with Crippen LogP contribution in [0.2, 0.25) is 0 Å². The molecular formula is C17H21N7S. The molecule has 0 radical (unpaired) electrons. The van der Waals surface area contributed by atoms with Crippen LogP contribution >= 0.6 is 11.3 Å². The van der Waals surface area contributed by atoms with Crippen LogP contribution in [-0.4, -0.2) is 30.8 Å². The fourth-order valence-corrected chi connectivity index (χ4v) is 3.67. The van der Waals surface area contributed by atoms with Crippen molar-refractivity contribution in [2.24, 2.45) is 7.05 Å². The Labute approximate surface area is 150 Å². The van der Waals surface area contributed by atoms with Crippen molar-refractivity contribution in [2.75, 3.05) is 10.6 Å². The van der Waals surface area contributed by atoms with Crippen molar-refractivity contribution in [3.8, 4) is 11.1 Å². The number of anilines is 3. The Bertz CT molecular complexity index is 821. The molecule has 0 unspecified atom stereocenters. The van der Waals surface area contributed by atoms with E-state index in [4.69, 9.17) is 4.98 Å². The number of thiazole rings is 1. The van der Waals surface area contributed by atoms with Crippen molar-refractivity contribution >= 4 is 28.2 Å². The molecule has 0 saturated heterocycles. The predicted molar refractivity (Wildman–Crippen MR) is 100 cm³/mol. The molecule has 3 aromatic heterocycles. The smallest absolute Gasteiger partial charge is 0.230 e. The third kappa shape index (κ3) is 3.79. The topological polar surface area (TPSA) is 80.5 Å². The summed E-state index contributed by atoms with van der Waals surface area (Å²) in [6.45, 7) is 0. The summed E-state index contributed by atoms with van der Waals surface area (Å²) in [5.41, 5.74) is 1.99. The highest BCUT2D eigenvalue weighted by Gasteiger charge is 2.18. The third-order valence-corrected chi connectivity index (χ3v) is 5.09. The molecule has 0 amide bonds. The zero-order valence-electron chi connectivity index (χ0n) is 14.1. The van der Waals surface area contributed by atoms with E-state index in [-0.39, 0.29) is 0 Å². The molecule has 0 aliphatic heterocycles. The zero-order chi connectivity index (χ0) is 17.1. The summed E-state index contributed by atoms with van der Waals surface area (Å²) in [6.07, 6.45) is 13.7. The van der Waals surface area contributed by atoms with Crippen LogP contribution in [0.25, 0.3) is 11.1 Å². The van der Waals surface area contributed by atoms with E-state index in [1.807, 2.05) is 31.0 Å². The molecule has 3 heterocycles. The lowest BCUT2D eigenvalue weighted by atomic mass is 9.95. The van der Waals surface area contributed by atoms with Crippen LogP contribution in [0.1, 0.15) is 32.1 Å². The summed E-state index contributed by atoms with van der Waals surface area (Å²) in [5, 5.41) is 13.8. The van der Waals surface area contributed by atoms with Crippen LogP contribution in [0.3, 0.4) is 0 Å². The first-order valence-electron chi connectivity index (χ1n) is 8.57. The Morgan fingerprint density at radius 1 is 1.16 bits per heavy atom. The second-order valence-corrected chi connectivity index (χ2v) is 7.19. The van der Waals surface area contributed by atoms with E-state index in [9.17, 15) is 0 Å². The predicted octanol–water partition coefficient (Wildman–Crippen LogP) is 3.82. The van der Waals surface area contributed by atoms with Crippen LogP contribution in [0.5, 0.6) is 0 Å². The van der Waals surface area contributed by atoms with Crippen molar-refractivity contribution in [1.29, 1.82) is 0 Å². The van der Waals surface area contributed by atoms with Gasteiger partial charge in [0, 0.05) is 48.2 Å². The highest BCUT2D eigenvalue weighted by atomic mass is 32.1. The molecule has 1 saturated carbocycles. The fraction of sp³-hybridized carbons (Fsp3) is 0.412. The van der Waals surface area contributed by atoms with Gasteiger partial charge in [-0.05, 0) is 12.8 Å². The third-order valence-electron chi connectivity index (χ3n) is 4.40. The van der Waals surface area contributed by atoms with Crippen LogP contribution in [0, 0.1) is 0 Å². The van der Waals surface area contributed by atoms with Gasteiger partial charge in [0.25, 0.3) is 0 Å². The summed E-state index contributed by atoms with van der Waals surface area (Å²) in [5.74, 6) is 1.41. The van der Waals surface area contributed by atoms with Gasteiger partial charge in [-0.15, -0.1) is 11.3 Å². The van der Waals surface area contributed by atoms with E-state index >= 15 is 0 Å². The van der Waals surface area contributed by atoms with Gasteiger partial charge in [0.2, 0.25) is 5.95 Å². The van der Waals surface area contributed by atoms with E-state index in [0.717, 1.165) is 22.1 Å². The second-order valence-electron chi connectivity index (χ2n) is 6.30.